The van der Waals surface area contributed by atoms with E-state index in [2.05, 4.69) is 20.3 Å². The van der Waals surface area contributed by atoms with Crippen molar-refractivity contribution in [2.45, 2.75) is 50.4 Å². The van der Waals surface area contributed by atoms with Crippen molar-refractivity contribution in [1.29, 1.82) is 0 Å². The fourth-order valence-corrected chi connectivity index (χ4v) is 4.51. The van der Waals surface area contributed by atoms with Crippen LogP contribution in [0.5, 0.6) is 0 Å². The lowest BCUT2D eigenvalue weighted by atomic mass is 9.99. The molecule has 8 nitrogen and oxygen atoms in total. The van der Waals surface area contributed by atoms with E-state index in [1.165, 1.54) is 0 Å². The van der Waals surface area contributed by atoms with Gasteiger partial charge in [0.05, 0.1) is 29.8 Å². The summed E-state index contributed by atoms with van der Waals surface area (Å²) in [4.78, 5) is 25.2. The van der Waals surface area contributed by atoms with Crippen molar-refractivity contribution in [1.82, 2.24) is 30.0 Å². The lowest BCUT2D eigenvalue weighted by molar-refractivity contribution is -0.122. The van der Waals surface area contributed by atoms with Crippen LogP contribution in [0.3, 0.4) is 0 Å². The molecule has 2 amide bonds. The van der Waals surface area contributed by atoms with Crippen molar-refractivity contribution in [3.8, 4) is 11.4 Å². The van der Waals surface area contributed by atoms with Gasteiger partial charge >= 0.3 is 12.2 Å². The second kappa shape index (κ2) is 10.00. The van der Waals surface area contributed by atoms with Crippen LogP contribution < -0.4 is 10.6 Å². The average Bonchev–Trinajstić information content (AvgIpc) is 3.52. The lowest BCUT2D eigenvalue weighted by Gasteiger charge is -2.25. The van der Waals surface area contributed by atoms with E-state index in [4.69, 9.17) is 4.74 Å². The molecule has 36 heavy (non-hydrogen) atoms. The number of carbonyl (C=O) groups is 1. The minimum atomic E-state index is -4.48. The van der Waals surface area contributed by atoms with Crippen LogP contribution in [0, 0.1) is 0 Å². The minimum Gasteiger partial charge on any atom is -0.495 e. The van der Waals surface area contributed by atoms with Gasteiger partial charge in [0.2, 0.25) is 0 Å². The summed E-state index contributed by atoms with van der Waals surface area (Å²) in [7, 11) is 0. The number of imidazole rings is 1. The molecule has 1 atom stereocenters. The fraction of sp³-hybridized carbons (Fsp3) is 0.360. The topological polar surface area (TPSA) is 93.4 Å². The smallest absolute Gasteiger partial charge is 0.405 e. The lowest BCUT2D eigenvalue weighted by Crippen LogP contribution is -2.45. The van der Waals surface area contributed by atoms with Crippen molar-refractivity contribution in [2.75, 3.05) is 6.54 Å². The molecule has 1 unspecified atom stereocenters. The Morgan fingerprint density at radius 2 is 1.94 bits per heavy atom. The summed E-state index contributed by atoms with van der Waals surface area (Å²) in [6.07, 6.45) is 10.7. The number of halogens is 3. The molecule has 1 saturated carbocycles. The van der Waals surface area contributed by atoms with Gasteiger partial charge in [0.1, 0.15) is 12.2 Å². The van der Waals surface area contributed by atoms with Crippen LogP contribution >= 0.6 is 0 Å². The number of nitrogens with one attached hydrogen (secondary N) is 2. The molecular formula is C25H25F3N6O2. The molecule has 3 aromatic heterocycles. The van der Waals surface area contributed by atoms with Crippen LogP contribution in [0.15, 0.2) is 60.9 Å². The second-order valence-corrected chi connectivity index (χ2v) is 8.87. The third-order valence-corrected chi connectivity index (χ3v) is 6.14. The number of alkyl halides is 3. The predicted octanol–water partition coefficient (Wildman–Crippen LogP) is 4.65. The SMILES string of the molecule is O=C(NCC(F)(F)F)NC1C=C(c2cnc3cc(-c4ncccn4)ccn23)C=C(OC2CCCC2)C1. The molecule has 3 aromatic rings. The number of hydrogen-bond acceptors (Lipinski definition) is 5. The third-order valence-electron chi connectivity index (χ3n) is 6.14. The number of amides is 2. The zero-order valence-electron chi connectivity index (χ0n) is 19.3. The Labute approximate surface area is 205 Å². The molecule has 0 saturated heterocycles. The highest BCUT2D eigenvalue weighted by atomic mass is 19.4. The monoisotopic (exact) mass is 498 g/mol. The highest BCUT2D eigenvalue weighted by Crippen LogP contribution is 2.31. The zero-order valence-corrected chi connectivity index (χ0v) is 19.3. The first-order valence-electron chi connectivity index (χ1n) is 11.8. The van der Waals surface area contributed by atoms with Gasteiger partial charge in [-0.05, 0) is 50.0 Å². The number of aromatic nitrogens is 4. The van der Waals surface area contributed by atoms with Crippen LogP contribution in [0.2, 0.25) is 0 Å². The summed E-state index contributed by atoms with van der Waals surface area (Å²) in [5.74, 6) is 1.27. The fourth-order valence-electron chi connectivity index (χ4n) is 4.51. The minimum absolute atomic E-state index is 0.103. The Morgan fingerprint density at radius 3 is 2.69 bits per heavy atom. The van der Waals surface area contributed by atoms with E-state index in [9.17, 15) is 18.0 Å². The summed E-state index contributed by atoms with van der Waals surface area (Å²) >= 11 is 0. The molecule has 0 bridgehead atoms. The number of urea groups is 1. The molecule has 1 fully saturated rings. The Morgan fingerprint density at radius 1 is 1.17 bits per heavy atom. The Hall–Kier alpha value is -3.89. The van der Waals surface area contributed by atoms with Gasteiger partial charge in [0.15, 0.2) is 5.82 Å². The molecule has 3 heterocycles. The first kappa shape index (κ1) is 23.8. The molecular weight excluding hydrogens is 473 g/mol. The number of hydrogen-bond donors (Lipinski definition) is 2. The van der Waals surface area contributed by atoms with Crippen molar-refractivity contribution in [2.24, 2.45) is 0 Å². The standard InChI is InChI=1S/C25H25F3N6O2/c26-25(27,28)15-32-24(35)33-18-10-17(11-20(13-18)36-19-4-1-2-5-19)21-14-31-22-12-16(6-9-34(21)22)23-29-7-3-8-30-23/h3,6-12,14,18-19H,1-2,4-5,13,15H2,(H2,32,33,35). The van der Waals surface area contributed by atoms with Crippen molar-refractivity contribution in [3.63, 3.8) is 0 Å². The number of allylic oxidation sites excluding steroid dienone is 2. The number of nitrogens with zero attached hydrogens (tertiary/aromatic N) is 4. The summed E-state index contributed by atoms with van der Waals surface area (Å²) in [6.45, 7) is -1.40. The molecule has 11 heteroatoms. The van der Waals surface area contributed by atoms with E-state index >= 15 is 0 Å². The third kappa shape index (κ3) is 5.67. The van der Waals surface area contributed by atoms with E-state index in [1.54, 1.807) is 24.7 Å². The molecule has 0 aliphatic heterocycles. The summed E-state index contributed by atoms with van der Waals surface area (Å²) in [6, 6.07) is 4.08. The Kier molecular flexibility index (Phi) is 6.62. The maximum absolute atomic E-state index is 12.5. The number of carbonyl (C=O) groups excluding carboxylic acids is 1. The predicted molar refractivity (Wildman–Crippen MR) is 127 cm³/mol. The molecule has 2 aliphatic rings. The van der Waals surface area contributed by atoms with E-state index in [0.29, 0.717) is 23.7 Å². The van der Waals surface area contributed by atoms with E-state index in [-0.39, 0.29) is 6.10 Å². The van der Waals surface area contributed by atoms with Crippen LogP contribution in [0.25, 0.3) is 22.6 Å². The maximum atomic E-state index is 12.5. The van der Waals surface area contributed by atoms with Crippen molar-refractivity contribution < 1.29 is 22.7 Å². The van der Waals surface area contributed by atoms with Crippen LogP contribution in [0.4, 0.5) is 18.0 Å². The molecule has 2 aliphatic carbocycles. The van der Waals surface area contributed by atoms with Gasteiger partial charge in [-0.25, -0.2) is 19.7 Å². The van der Waals surface area contributed by atoms with E-state index in [1.807, 2.05) is 40.2 Å². The van der Waals surface area contributed by atoms with Gasteiger partial charge in [-0.2, -0.15) is 13.2 Å². The van der Waals surface area contributed by atoms with Gasteiger partial charge in [-0.3, -0.25) is 4.40 Å². The average molecular weight is 499 g/mol. The van der Waals surface area contributed by atoms with Gasteiger partial charge in [0, 0.05) is 36.1 Å². The van der Waals surface area contributed by atoms with E-state index in [0.717, 1.165) is 42.5 Å². The normalized spacial score (nSPS) is 18.6. The molecule has 2 N–H and O–H groups in total. The molecule has 0 radical (unpaired) electrons. The number of rotatable bonds is 6. The van der Waals surface area contributed by atoms with E-state index < -0.39 is 24.8 Å². The summed E-state index contributed by atoms with van der Waals surface area (Å²) < 4.78 is 45.7. The van der Waals surface area contributed by atoms with Crippen molar-refractivity contribution in [3.05, 3.63) is 66.6 Å². The van der Waals surface area contributed by atoms with Crippen LogP contribution in [-0.2, 0) is 4.74 Å². The van der Waals surface area contributed by atoms with Gasteiger partial charge in [-0.1, -0.05) is 6.08 Å². The Bertz CT molecular complexity index is 1300. The number of pyridine rings is 1. The zero-order chi connectivity index (χ0) is 25.1. The van der Waals surface area contributed by atoms with Gasteiger partial charge in [0.25, 0.3) is 0 Å². The quantitative estimate of drug-likeness (QED) is 0.516. The number of ether oxygens (including phenoxy) is 1. The Balaban J connectivity index is 1.41. The van der Waals surface area contributed by atoms with Crippen LogP contribution in [0.1, 0.15) is 37.8 Å². The molecule has 0 spiro atoms. The highest BCUT2D eigenvalue weighted by Gasteiger charge is 2.29. The maximum Gasteiger partial charge on any atom is 0.405 e. The molecule has 188 valence electrons. The molecule has 0 aromatic carbocycles. The van der Waals surface area contributed by atoms with Gasteiger partial charge in [-0.15, -0.1) is 0 Å². The highest BCUT2D eigenvalue weighted by molar-refractivity contribution is 5.79. The largest absolute Gasteiger partial charge is 0.495 e. The second-order valence-electron chi connectivity index (χ2n) is 8.87. The molecule has 5 rings (SSSR count). The summed E-state index contributed by atoms with van der Waals surface area (Å²) in [5, 5.41) is 4.49. The summed E-state index contributed by atoms with van der Waals surface area (Å²) in [5.41, 5.74) is 3.02. The van der Waals surface area contributed by atoms with Crippen LogP contribution in [-0.4, -0.2) is 50.3 Å². The van der Waals surface area contributed by atoms with Gasteiger partial charge < -0.3 is 15.4 Å². The van der Waals surface area contributed by atoms with Crippen molar-refractivity contribution >= 4 is 17.3 Å². The number of fused-ring (bicyclic) bond motifs is 1. The first-order valence-corrected chi connectivity index (χ1v) is 11.8. The first-order chi connectivity index (χ1) is 17.3.